The smallest absolute Gasteiger partial charge is 0.259 e. The predicted octanol–water partition coefficient (Wildman–Crippen LogP) is 7.24. The van der Waals surface area contributed by atoms with E-state index in [1.54, 1.807) is 38.9 Å². The molecule has 3 aromatic rings. The zero-order valence-electron chi connectivity index (χ0n) is 22.7. The fraction of sp³-hybridized carbons (Fsp3) is 0.400. The maximum absolute atomic E-state index is 13.6. The summed E-state index contributed by atoms with van der Waals surface area (Å²) in [5.74, 6) is 2.06. The monoisotopic (exact) mass is 520 g/mol. The number of hydrogen-bond donors (Lipinski definition) is 1. The Bertz CT molecular complexity index is 1300. The lowest BCUT2D eigenvalue weighted by molar-refractivity contribution is 0.102. The first-order chi connectivity index (χ1) is 17.7. The van der Waals surface area contributed by atoms with Crippen molar-refractivity contribution < 1.29 is 19.0 Å². The number of methoxy groups -OCH3 is 3. The predicted molar refractivity (Wildman–Crippen MR) is 152 cm³/mol. The molecule has 0 radical (unpaired) electrons. The fourth-order valence-corrected chi connectivity index (χ4v) is 6.09. The highest BCUT2D eigenvalue weighted by molar-refractivity contribution is 7.16. The zero-order chi connectivity index (χ0) is 26.7. The Balaban J connectivity index is 1.75. The summed E-state index contributed by atoms with van der Waals surface area (Å²) >= 11 is 1.62. The minimum absolute atomic E-state index is 0.123. The number of rotatable bonds is 7. The van der Waals surface area contributed by atoms with Crippen LogP contribution < -0.4 is 19.5 Å². The van der Waals surface area contributed by atoms with Crippen molar-refractivity contribution in [3.05, 3.63) is 63.5 Å². The van der Waals surface area contributed by atoms with E-state index in [-0.39, 0.29) is 11.3 Å². The van der Waals surface area contributed by atoms with Crippen molar-refractivity contribution in [3.63, 3.8) is 0 Å². The number of amides is 1. The van der Waals surface area contributed by atoms with E-state index in [1.807, 2.05) is 43.3 Å². The van der Waals surface area contributed by atoms with Crippen molar-refractivity contribution in [2.75, 3.05) is 26.6 Å². The molecule has 1 atom stereocenters. The summed E-state index contributed by atoms with van der Waals surface area (Å²) in [5, 5.41) is 3.80. The van der Waals surface area contributed by atoms with E-state index in [9.17, 15) is 4.79 Å². The topological polar surface area (TPSA) is 69.2 Å². The van der Waals surface area contributed by atoms with E-state index in [0.717, 1.165) is 41.6 Å². The summed E-state index contributed by atoms with van der Waals surface area (Å²) in [5.41, 5.74) is 4.67. The summed E-state index contributed by atoms with van der Waals surface area (Å²) in [6.07, 6.45) is 4.63. The van der Waals surface area contributed by atoms with Gasteiger partial charge in [-0.05, 0) is 67.3 Å². The van der Waals surface area contributed by atoms with E-state index in [2.05, 4.69) is 26.1 Å². The Morgan fingerprint density at radius 3 is 2.35 bits per heavy atom. The number of aliphatic imine (C=N–C) groups is 1. The third kappa shape index (κ3) is 5.67. The van der Waals surface area contributed by atoms with Crippen LogP contribution in [0.2, 0.25) is 0 Å². The van der Waals surface area contributed by atoms with Gasteiger partial charge in [0.05, 0.1) is 26.9 Å². The largest absolute Gasteiger partial charge is 0.493 e. The molecule has 0 aliphatic heterocycles. The van der Waals surface area contributed by atoms with Crippen molar-refractivity contribution in [3.8, 4) is 17.2 Å². The fourth-order valence-electron chi connectivity index (χ4n) is 4.82. The van der Waals surface area contributed by atoms with Gasteiger partial charge in [-0.15, -0.1) is 11.3 Å². The van der Waals surface area contributed by atoms with Crippen molar-refractivity contribution >= 4 is 34.1 Å². The van der Waals surface area contributed by atoms with E-state index in [0.29, 0.717) is 33.7 Å². The van der Waals surface area contributed by atoms with E-state index in [1.165, 1.54) is 4.88 Å². The van der Waals surface area contributed by atoms with Gasteiger partial charge >= 0.3 is 0 Å². The molecule has 7 heteroatoms. The van der Waals surface area contributed by atoms with Gasteiger partial charge < -0.3 is 19.5 Å². The molecule has 0 saturated heterocycles. The van der Waals surface area contributed by atoms with Crippen LogP contribution in [0.1, 0.15) is 59.1 Å². The molecule has 1 aromatic heterocycles. The standard InChI is InChI=1S/C30H36N2O4S/c1-18-8-12-21(13-9-18)32-28(33)25-22-14-11-20(30(2,3)4)16-24(22)37-29(25)31-17-19-10-15-23(34-5)27(36-7)26(19)35-6/h8-10,12-13,15,17,20H,11,14,16H2,1-7H3,(H,32,33)/b31-17+. The first-order valence-corrected chi connectivity index (χ1v) is 13.3. The van der Waals surface area contributed by atoms with Crippen LogP contribution in [0.3, 0.4) is 0 Å². The maximum atomic E-state index is 13.6. The average molecular weight is 521 g/mol. The number of nitrogens with zero attached hydrogens (tertiary/aromatic N) is 1. The number of aryl methyl sites for hydroxylation is 1. The van der Waals surface area contributed by atoms with Gasteiger partial charge in [-0.1, -0.05) is 38.5 Å². The Morgan fingerprint density at radius 1 is 1.03 bits per heavy atom. The van der Waals surface area contributed by atoms with Crippen molar-refractivity contribution in [1.29, 1.82) is 0 Å². The molecule has 1 aliphatic rings. The molecule has 2 aromatic carbocycles. The highest BCUT2D eigenvalue weighted by Crippen LogP contribution is 2.46. The van der Waals surface area contributed by atoms with Crippen LogP contribution in [0.5, 0.6) is 17.2 Å². The highest BCUT2D eigenvalue weighted by atomic mass is 32.1. The minimum atomic E-state index is -0.123. The average Bonchev–Trinajstić information content (AvgIpc) is 3.25. The second-order valence-corrected chi connectivity index (χ2v) is 11.6. The lowest BCUT2D eigenvalue weighted by atomic mass is 9.72. The summed E-state index contributed by atoms with van der Waals surface area (Å²) in [7, 11) is 4.75. The number of benzene rings is 2. The molecule has 6 nitrogen and oxygen atoms in total. The van der Waals surface area contributed by atoms with Gasteiger partial charge in [0, 0.05) is 22.3 Å². The molecular weight excluding hydrogens is 484 g/mol. The number of carbonyl (C=O) groups excluding carboxylic acids is 1. The number of hydrogen-bond acceptors (Lipinski definition) is 6. The van der Waals surface area contributed by atoms with Crippen molar-refractivity contribution in [1.82, 2.24) is 0 Å². The Morgan fingerprint density at radius 2 is 1.73 bits per heavy atom. The third-order valence-electron chi connectivity index (χ3n) is 7.06. The second-order valence-electron chi connectivity index (χ2n) is 10.5. The lowest BCUT2D eigenvalue weighted by Gasteiger charge is -2.33. The van der Waals surface area contributed by atoms with Crippen LogP contribution in [-0.4, -0.2) is 33.5 Å². The van der Waals surface area contributed by atoms with Crippen LogP contribution in [0, 0.1) is 18.3 Å². The van der Waals surface area contributed by atoms with Crippen LogP contribution in [0.15, 0.2) is 41.4 Å². The molecule has 196 valence electrons. The van der Waals surface area contributed by atoms with E-state index >= 15 is 0 Å². The van der Waals surface area contributed by atoms with Crippen LogP contribution in [0.25, 0.3) is 0 Å². The molecule has 1 unspecified atom stereocenters. The van der Waals surface area contributed by atoms with E-state index < -0.39 is 0 Å². The normalized spacial score (nSPS) is 15.4. The number of nitrogens with one attached hydrogen (secondary N) is 1. The van der Waals surface area contributed by atoms with Crippen molar-refractivity contribution in [2.24, 2.45) is 16.3 Å². The molecule has 0 saturated carbocycles. The lowest BCUT2D eigenvalue weighted by Crippen LogP contribution is -2.27. The van der Waals surface area contributed by atoms with Gasteiger partial charge in [-0.2, -0.15) is 0 Å². The van der Waals surface area contributed by atoms with Gasteiger partial charge in [-0.3, -0.25) is 4.79 Å². The molecule has 1 amide bonds. The van der Waals surface area contributed by atoms with Gasteiger partial charge in [0.25, 0.3) is 5.91 Å². The minimum Gasteiger partial charge on any atom is -0.493 e. The highest BCUT2D eigenvalue weighted by Gasteiger charge is 2.33. The van der Waals surface area contributed by atoms with Gasteiger partial charge in [0.15, 0.2) is 11.5 Å². The molecule has 4 rings (SSSR count). The van der Waals surface area contributed by atoms with Crippen LogP contribution >= 0.6 is 11.3 Å². The molecule has 1 aliphatic carbocycles. The number of ether oxygens (including phenoxy) is 3. The third-order valence-corrected chi connectivity index (χ3v) is 8.23. The summed E-state index contributed by atoms with van der Waals surface area (Å²) in [4.78, 5) is 19.7. The van der Waals surface area contributed by atoms with Gasteiger partial charge in [0.1, 0.15) is 5.00 Å². The number of fused-ring (bicyclic) bond motifs is 1. The number of anilines is 1. The quantitative estimate of drug-likeness (QED) is 0.334. The van der Waals surface area contributed by atoms with Crippen molar-refractivity contribution in [2.45, 2.75) is 47.0 Å². The Hall–Kier alpha value is -3.32. The second kappa shape index (κ2) is 11.0. The molecule has 0 fully saturated rings. The SMILES string of the molecule is COc1ccc(/C=N/c2sc3c(c2C(=O)Nc2ccc(C)cc2)CCC(C(C)(C)C)C3)c(OC)c1OC. The summed E-state index contributed by atoms with van der Waals surface area (Å²) < 4.78 is 16.6. The number of carbonyl (C=O) groups is 1. The molecule has 37 heavy (non-hydrogen) atoms. The molecule has 1 N–H and O–H groups in total. The number of thiophene rings is 1. The van der Waals surface area contributed by atoms with Crippen LogP contribution in [-0.2, 0) is 12.8 Å². The first kappa shape index (κ1) is 26.7. The maximum Gasteiger partial charge on any atom is 0.259 e. The summed E-state index contributed by atoms with van der Waals surface area (Å²) in [6.45, 7) is 8.92. The Kier molecular flexibility index (Phi) is 7.93. The Labute approximate surface area is 223 Å². The molecular formula is C30H36N2O4S. The molecule has 0 bridgehead atoms. The molecule has 0 spiro atoms. The molecule has 1 heterocycles. The zero-order valence-corrected chi connectivity index (χ0v) is 23.5. The summed E-state index contributed by atoms with van der Waals surface area (Å²) in [6, 6.07) is 11.5. The first-order valence-electron chi connectivity index (χ1n) is 12.5. The van der Waals surface area contributed by atoms with E-state index in [4.69, 9.17) is 19.2 Å². The van der Waals surface area contributed by atoms with Crippen LogP contribution in [0.4, 0.5) is 10.7 Å². The van der Waals surface area contributed by atoms with Gasteiger partial charge in [0.2, 0.25) is 5.75 Å². The van der Waals surface area contributed by atoms with Gasteiger partial charge in [-0.25, -0.2) is 4.99 Å².